The van der Waals surface area contributed by atoms with Crippen LogP contribution in [0, 0.1) is 0 Å². The standard InChI is InChI=1S/C11H14BrClN2O2S.ClH/c1-8-7-14-4-5-15(8)18(16,17)11-3-2-9(13)6-10(11)12;/h2-3,6,8,14H,4-5,7H2,1H3;1H. The fraction of sp³-hybridized carbons (Fsp3) is 0.455. The van der Waals surface area contributed by atoms with E-state index in [9.17, 15) is 8.42 Å². The molecular formula is C11H15BrCl2N2O2S. The van der Waals surface area contributed by atoms with Crippen LogP contribution >= 0.6 is 39.9 Å². The van der Waals surface area contributed by atoms with Gasteiger partial charge in [0, 0.05) is 35.2 Å². The zero-order valence-electron chi connectivity index (χ0n) is 10.3. The van der Waals surface area contributed by atoms with Crippen LogP contribution in [0.2, 0.25) is 5.02 Å². The average molecular weight is 390 g/mol. The summed E-state index contributed by atoms with van der Waals surface area (Å²) < 4.78 is 27.1. The molecule has 1 fully saturated rings. The third kappa shape index (κ3) is 3.62. The van der Waals surface area contributed by atoms with Crippen LogP contribution in [0.1, 0.15) is 6.92 Å². The Bertz CT molecular complexity index is 554. The van der Waals surface area contributed by atoms with E-state index in [1.165, 1.54) is 10.4 Å². The van der Waals surface area contributed by atoms with Crippen molar-refractivity contribution in [1.82, 2.24) is 9.62 Å². The predicted molar refractivity (Wildman–Crippen MR) is 82.6 cm³/mol. The van der Waals surface area contributed by atoms with Crippen molar-refractivity contribution in [3.8, 4) is 0 Å². The van der Waals surface area contributed by atoms with E-state index in [0.29, 0.717) is 29.1 Å². The lowest BCUT2D eigenvalue weighted by molar-refractivity contribution is 0.283. The number of benzene rings is 1. The normalized spacial score (nSPS) is 20.9. The molecule has 1 heterocycles. The van der Waals surface area contributed by atoms with Crippen LogP contribution in [0.15, 0.2) is 27.6 Å². The van der Waals surface area contributed by atoms with Crippen LogP contribution in [0.3, 0.4) is 0 Å². The Hall–Kier alpha value is 0.150. The number of sulfonamides is 1. The molecule has 1 unspecified atom stereocenters. The number of nitrogens with one attached hydrogen (secondary N) is 1. The average Bonchev–Trinajstić information content (AvgIpc) is 2.28. The van der Waals surface area contributed by atoms with E-state index in [2.05, 4.69) is 21.2 Å². The summed E-state index contributed by atoms with van der Waals surface area (Å²) in [6.07, 6.45) is 0. The molecule has 2 rings (SSSR count). The van der Waals surface area contributed by atoms with Gasteiger partial charge in [-0.05, 0) is 41.1 Å². The van der Waals surface area contributed by atoms with Crippen LogP contribution < -0.4 is 5.32 Å². The molecule has 0 aliphatic carbocycles. The van der Waals surface area contributed by atoms with Crippen LogP contribution in [-0.2, 0) is 10.0 Å². The summed E-state index contributed by atoms with van der Waals surface area (Å²) >= 11 is 9.10. The molecule has 1 atom stereocenters. The number of hydrogen-bond acceptors (Lipinski definition) is 3. The number of nitrogens with zero attached hydrogens (tertiary/aromatic N) is 1. The third-order valence-corrected chi connectivity index (χ3v) is 6.15. The third-order valence-electron chi connectivity index (χ3n) is 2.92. The maximum Gasteiger partial charge on any atom is 0.244 e. The summed E-state index contributed by atoms with van der Waals surface area (Å²) in [6.45, 7) is 3.73. The number of rotatable bonds is 2. The van der Waals surface area contributed by atoms with Crippen molar-refractivity contribution in [2.75, 3.05) is 19.6 Å². The number of halogens is 3. The fourth-order valence-corrected chi connectivity index (χ4v) is 4.96. The minimum atomic E-state index is -3.47. The van der Waals surface area contributed by atoms with Gasteiger partial charge in [0.1, 0.15) is 0 Å². The minimum absolute atomic E-state index is 0. The summed E-state index contributed by atoms with van der Waals surface area (Å²) in [5, 5.41) is 3.68. The van der Waals surface area contributed by atoms with E-state index in [0.717, 1.165) is 0 Å². The summed E-state index contributed by atoms with van der Waals surface area (Å²) in [5.41, 5.74) is 0. The van der Waals surface area contributed by atoms with Gasteiger partial charge in [0.05, 0.1) is 4.90 Å². The van der Waals surface area contributed by atoms with Gasteiger partial charge in [0.15, 0.2) is 0 Å². The Morgan fingerprint density at radius 3 is 2.74 bits per heavy atom. The molecular weight excluding hydrogens is 375 g/mol. The maximum absolute atomic E-state index is 12.6. The fourth-order valence-electron chi connectivity index (χ4n) is 1.99. The number of piperazine rings is 1. The largest absolute Gasteiger partial charge is 0.314 e. The van der Waals surface area contributed by atoms with Crippen molar-refractivity contribution in [1.29, 1.82) is 0 Å². The smallest absolute Gasteiger partial charge is 0.244 e. The summed E-state index contributed by atoms with van der Waals surface area (Å²) in [4.78, 5) is 0.264. The van der Waals surface area contributed by atoms with Gasteiger partial charge in [-0.2, -0.15) is 4.31 Å². The molecule has 0 radical (unpaired) electrons. The van der Waals surface area contributed by atoms with E-state index < -0.39 is 10.0 Å². The Balaban J connectivity index is 0.00000180. The van der Waals surface area contributed by atoms with E-state index in [1.54, 1.807) is 12.1 Å². The van der Waals surface area contributed by atoms with Gasteiger partial charge in [-0.25, -0.2) is 8.42 Å². The SMILES string of the molecule is CC1CNCCN1S(=O)(=O)c1ccc(Cl)cc1Br.Cl. The first-order valence-electron chi connectivity index (χ1n) is 5.60. The van der Waals surface area contributed by atoms with E-state index >= 15 is 0 Å². The summed E-state index contributed by atoms with van der Waals surface area (Å²) in [5.74, 6) is 0. The second kappa shape index (κ2) is 6.74. The van der Waals surface area contributed by atoms with Gasteiger partial charge in [-0.3, -0.25) is 0 Å². The van der Waals surface area contributed by atoms with Crippen LogP contribution in [0.25, 0.3) is 0 Å². The number of hydrogen-bond donors (Lipinski definition) is 1. The van der Waals surface area contributed by atoms with E-state index in [-0.39, 0.29) is 23.3 Å². The van der Waals surface area contributed by atoms with Crippen molar-refractivity contribution >= 4 is 50.0 Å². The zero-order chi connectivity index (χ0) is 13.3. The highest BCUT2D eigenvalue weighted by atomic mass is 79.9. The highest BCUT2D eigenvalue weighted by Gasteiger charge is 2.32. The molecule has 19 heavy (non-hydrogen) atoms. The van der Waals surface area contributed by atoms with Crippen LogP contribution in [-0.4, -0.2) is 38.4 Å². The van der Waals surface area contributed by atoms with Gasteiger partial charge in [-0.15, -0.1) is 12.4 Å². The topological polar surface area (TPSA) is 49.4 Å². The van der Waals surface area contributed by atoms with Crippen molar-refractivity contribution in [3.05, 3.63) is 27.7 Å². The highest BCUT2D eigenvalue weighted by Crippen LogP contribution is 2.29. The molecule has 1 aliphatic heterocycles. The van der Waals surface area contributed by atoms with Crippen molar-refractivity contribution in [2.45, 2.75) is 17.9 Å². The Morgan fingerprint density at radius 2 is 2.16 bits per heavy atom. The maximum atomic E-state index is 12.6. The molecule has 1 aromatic carbocycles. The molecule has 0 bridgehead atoms. The molecule has 4 nitrogen and oxygen atoms in total. The monoisotopic (exact) mass is 388 g/mol. The molecule has 108 valence electrons. The quantitative estimate of drug-likeness (QED) is 0.845. The summed E-state index contributed by atoms with van der Waals surface area (Å²) in [7, 11) is -3.47. The molecule has 1 saturated heterocycles. The molecule has 0 aromatic heterocycles. The molecule has 8 heteroatoms. The molecule has 0 amide bonds. The molecule has 0 saturated carbocycles. The van der Waals surface area contributed by atoms with Crippen LogP contribution in [0.5, 0.6) is 0 Å². The second-order valence-electron chi connectivity index (χ2n) is 4.24. The minimum Gasteiger partial charge on any atom is -0.314 e. The van der Waals surface area contributed by atoms with Gasteiger partial charge in [0.25, 0.3) is 0 Å². The van der Waals surface area contributed by atoms with Crippen molar-refractivity contribution in [2.24, 2.45) is 0 Å². The molecule has 1 aromatic rings. The zero-order valence-corrected chi connectivity index (χ0v) is 14.2. The van der Waals surface area contributed by atoms with E-state index in [4.69, 9.17) is 11.6 Å². The Kier molecular flexibility index (Phi) is 6.10. The van der Waals surface area contributed by atoms with E-state index in [1.807, 2.05) is 6.92 Å². The van der Waals surface area contributed by atoms with Crippen LogP contribution in [0.4, 0.5) is 0 Å². The summed E-state index contributed by atoms with van der Waals surface area (Å²) in [6, 6.07) is 4.68. The Morgan fingerprint density at radius 1 is 1.47 bits per heavy atom. The first-order valence-corrected chi connectivity index (χ1v) is 8.21. The van der Waals surface area contributed by atoms with Gasteiger partial charge < -0.3 is 5.32 Å². The van der Waals surface area contributed by atoms with Gasteiger partial charge >= 0.3 is 0 Å². The van der Waals surface area contributed by atoms with Crippen molar-refractivity contribution in [3.63, 3.8) is 0 Å². The lowest BCUT2D eigenvalue weighted by atomic mass is 10.3. The first-order chi connectivity index (χ1) is 8.43. The lowest BCUT2D eigenvalue weighted by Crippen LogP contribution is -2.52. The highest BCUT2D eigenvalue weighted by molar-refractivity contribution is 9.10. The van der Waals surface area contributed by atoms with Gasteiger partial charge in [0.2, 0.25) is 10.0 Å². The first kappa shape index (κ1) is 17.2. The van der Waals surface area contributed by atoms with Gasteiger partial charge in [-0.1, -0.05) is 11.6 Å². The second-order valence-corrected chi connectivity index (χ2v) is 7.39. The molecule has 1 aliphatic rings. The lowest BCUT2D eigenvalue weighted by Gasteiger charge is -2.33. The predicted octanol–water partition coefficient (Wildman–Crippen LogP) is 2.51. The van der Waals surface area contributed by atoms with Crippen molar-refractivity contribution < 1.29 is 8.42 Å². The molecule has 0 spiro atoms. The Labute approximate surface area is 133 Å². The molecule has 1 N–H and O–H groups in total.